The molecule has 0 bridgehead atoms. The Hall–Kier alpha value is -2.51. The van der Waals surface area contributed by atoms with E-state index in [1.165, 1.54) is 6.92 Å². The van der Waals surface area contributed by atoms with Crippen LogP contribution in [0.4, 0.5) is 0 Å². The molecule has 7 heteroatoms. The Labute approximate surface area is 187 Å². The summed E-state index contributed by atoms with van der Waals surface area (Å²) >= 11 is 0. The van der Waals surface area contributed by atoms with Gasteiger partial charge >= 0.3 is 5.97 Å². The SMILES string of the molecule is C=C(CC[S@@](=O)c1ccccc1)C[C@@H](CC(=C)COC(C)=O)S(=O)(=O)c1ccccc1. The third-order valence-electron chi connectivity index (χ3n) is 4.67. The van der Waals surface area contributed by atoms with Crippen LogP contribution >= 0.6 is 0 Å². The second-order valence-electron chi connectivity index (χ2n) is 7.28. The summed E-state index contributed by atoms with van der Waals surface area (Å²) in [6, 6.07) is 17.4. The Morgan fingerprint density at radius 3 is 2.10 bits per heavy atom. The molecule has 0 amide bonds. The van der Waals surface area contributed by atoms with Gasteiger partial charge in [0.1, 0.15) is 6.61 Å². The number of hydrogen-bond acceptors (Lipinski definition) is 5. The normalized spacial score (nSPS) is 13.2. The van der Waals surface area contributed by atoms with E-state index in [4.69, 9.17) is 4.74 Å². The first kappa shape index (κ1) is 24.8. The van der Waals surface area contributed by atoms with Gasteiger partial charge in [-0.15, -0.1) is 0 Å². The maximum Gasteiger partial charge on any atom is 0.302 e. The van der Waals surface area contributed by atoms with Crippen LogP contribution in [0.1, 0.15) is 26.2 Å². The molecule has 0 aliphatic rings. The predicted molar refractivity (Wildman–Crippen MR) is 124 cm³/mol. The number of ether oxygens (including phenoxy) is 1. The summed E-state index contributed by atoms with van der Waals surface area (Å²) in [5.74, 6) is -0.0774. The number of carbonyl (C=O) groups excluding carboxylic acids is 1. The lowest BCUT2D eigenvalue weighted by atomic mass is 10.0. The zero-order valence-electron chi connectivity index (χ0n) is 17.7. The molecule has 0 aliphatic carbocycles. The van der Waals surface area contributed by atoms with Crippen LogP contribution in [-0.4, -0.2) is 36.2 Å². The summed E-state index contributed by atoms with van der Waals surface area (Å²) in [6.07, 6.45) is 0.798. The molecule has 0 aliphatic heterocycles. The Balaban J connectivity index is 2.10. The molecule has 2 atom stereocenters. The number of esters is 1. The monoisotopic (exact) mass is 460 g/mol. The summed E-state index contributed by atoms with van der Waals surface area (Å²) in [5.41, 5.74) is 1.22. The van der Waals surface area contributed by atoms with Crippen molar-refractivity contribution in [2.75, 3.05) is 12.4 Å². The van der Waals surface area contributed by atoms with Crippen molar-refractivity contribution in [3.8, 4) is 0 Å². The lowest BCUT2D eigenvalue weighted by Crippen LogP contribution is -2.24. The predicted octanol–water partition coefficient (Wildman–Crippen LogP) is 4.48. The van der Waals surface area contributed by atoms with E-state index < -0.39 is 31.9 Å². The molecule has 0 unspecified atom stereocenters. The smallest absolute Gasteiger partial charge is 0.302 e. The molecule has 2 aromatic rings. The zero-order chi connectivity index (χ0) is 22.9. The highest BCUT2D eigenvalue weighted by Crippen LogP contribution is 2.27. The van der Waals surface area contributed by atoms with Crippen molar-refractivity contribution < 1.29 is 22.2 Å². The molecule has 0 fully saturated rings. The second kappa shape index (κ2) is 11.8. The first-order valence-electron chi connectivity index (χ1n) is 9.89. The highest BCUT2D eigenvalue weighted by atomic mass is 32.2. The molecule has 2 aromatic carbocycles. The van der Waals surface area contributed by atoms with Gasteiger partial charge in [0.05, 0.1) is 20.9 Å². The standard InChI is InChI=1S/C24H28O5S2/c1-19(14-15-30(26)22-10-6-4-7-11-22)16-24(17-20(2)18-29-21(3)25)31(27,28)23-12-8-5-9-13-23/h4-13,24H,1-2,14-18H2,3H3/t24-,30+/m0/s1. The van der Waals surface area contributed by atoms with E-state index >= 15 is 0 Å². The summed E-state index contributed by atoms with van der Waals surface area (Å²) in [6.45, 7) is 9.17. The van der Waals surface area contributed by atoms with Gasteiger partial charge < -0.3 is 4.74 Å². The van der Waals surface area contributed by atoms with Crippen molar-refractivity contribution in [2.45, 2.75) is 41.2 Å². The van der Waals surface area contributed by atoms with Crippen LogP contribution in [0.15, 0.2) is 94.8 Å². The summed E-state index contributed by atoms with van der Waals surface area (Å²) in [5, 5.41) is -0.796. The fraction of sp³-hybridized carbons (Fsp3) is 0.292. The van der Waals surface area contributed by atoms with Gasteiger partial charge in [-0.1, -0.05) is 55.1 Å². The van der Waals surface area contributed by atoms with Gasteiger partial charge in [0.25, 0.3) is 0 Å². The van der Waals surface area contributed by atoms with Crippen LogP contribution in [-0.2, 0) is 30.2 Å². The van der Waals surface area contributed by atoms with Crippen molar-refractivity contribution >= 4 is 26.6 Å². The van der Waals surface area contributed by atoms with Crippen molar-refractivity contribution in [2.24, 2.45) is 0 Å². The van der Waals surface area contributed by atoms with Gasteiger partial charge in [-0.05, 0) is 49.1 Å². The molecule has 0 heterocycles. The van der Waals surface area contributed by atoms with Crippen LogP contribution in [0.5, 0.6) is 0 Å². The average Bonchev–Trinajstić information content (AvgIpc) is 2.76. The third kappa shape index (κ3) is 7.92. The van der Waals surface area contributed by atoms with E-state index in [-0.39, 0.29) is 24.3 Å². The fourth-order valence-electron chi connectivity index (χ4n) is 3.03. The van der Waals surface area contributed by atoms with E-state index in [2.05, 4.69) is 13.2 Å². The number of rotatable bonds is 12. The number of hydrogen-bond donors (Lipinski definition) is 0. The van der Waals surface area contributed by atoms with E-state index in [0.717, 1.165) is 4.90 Å². The van der Waals surface area contributed by atoms with Crippen LogP contribution in [0.25, 0.3) is 0 Å². The van der Waals surface area contributed by atoms with Crippen molar-refractivity contribution in [1.29, 1.82) is 0 Å². The molecule has 2 rings (SSSR count). The fourth-order valence-corrected chi connectivity index (χ4v) is 6.03. The van der Waals surface area contributed by atoms with Gasteiger partial charge in [-0.2, -0.15) is 0 Å². The minimum absolute atomic E-state index is 0.0271. The zero-order valence-corrected chi connectivity index (χ0v) is 19.3. The van der Waals surface area contributed by atoms with Gasteiger partial charge in [-0.3, -0.25) is 9.00 Å². The first-order chi connectivity index (χ1) is 14.7. The Morgan fingerprint density at radius 1 is 0.968 bits per heavy atom. The molecule has 5 nitrogen and oxygen atoms in total. The van der Waals surface area contributed by atoms with Crippen molar-refractivity contribution in [3.63, 3.8) is 0 Å². The van der Waals surface area contributed by atoms with Crippen LogP contribution in [0.3, 0.4) is 0 Å². The first-order valence-corrected chi connectivity index (χ1v) is 12.8. The lowest BCUT2D eigenvalue weighted by molar-refractivity contribution is -0.140. The molecule has 0 saturated heterocycles. The highest BCUT2D eigenvalue weighted by Gasteiger charge is 2.28. The molecule has 0 spiro atoms. The maximum absolute atomic E-state index is 13.3. The van der Waals surface area contributed by atoms with Gasteiger partial charge in [-0.25, -0.2) is 8.42 Å². The molecule has 0 aromatic heterocycles. The molecular formula is C24H28O5S2. The topological polar surface area (TPSA) is 77.5 Å². The molecule has 0 radical (unpaired) electrons. The Kier molecular flexibility index (Phi) is 9.40. The van der Waals surface area contributed by atoms with Gasteiger partial charge in [0.2, 0.25) is 0 Å². The van der Waals surface area contributed by atoms with Crippen LogP contribution in [0, 0.1) is 0 Å². The van der Waals surface area contributed by atoms with Gasteiger partial charge in [0, 0.05) is 17.6 Å². The highest BCUT2D eigenvalue weighted by molar-refractivity contribution is 7.92. The summed E-state index contributed by atoms with van der Waals surface area (Å²) in [4.78, 5) is 12.0. The molecule has 0 saturated carbocycles. The van der Waals surface area contributed by atoms with E-state index in [1.807, 2.05) is 18.2 Å². The van der Waals surface area contributed by atoms with Crippen LogP contribution in [0.2, 0.25) is 0 Å². The summed E-state index contributed by atoms with van der Waals surface area (Å²) < 4.78 is 43.9. The molecular weight excluding hydrogens is 432 g/mol. The second-order valence-corrected chi connectivity index (χ2v) is 11.1. The number of sulfone groups is 1. The average molecular weight is 461 g/mol. The minimum Gasteiger partial charge on any atom is -0.461 e. The molecule has 0 N–H and O–H groups in total. The van der Waals surface area contributed by atoms with Crippen LogP contribution < -0.4 is 0 Å². The maximum atomic E-state index is 13.3. The lowest BCUT2D eigenvalue weighted by Gasteiger charge is -2.20. The van der Waals surface area contributed by atoms with Crippen molar-refractivity contribution in [1.82, 2.24) is 0 Å². The largest absolute Gasteiger partial charge is 0.461 e. The number of benzene rings is 2. The van der Waals surface area contributed by atoms with Gasteiger partial charge in [0.15, 0.2) is 9.84 Å². The number of carbonyl (C=O) groups is 1. The third-order valence-corrected chi connectivity index (χ3v) is 8.18. The molecule has 166 valence electrons. The Bertz CT molecular complexity index is 1030. The summed E-state index contributed by atoms with van der Waals surface area (Å²) in [7, 11) is -4.84. The minimum atomic E-state index is -3.66. The van der Waals surface area contributed by atoms with E-state index in [0.29, 0.717) is 23.3 Å². The number of allylic oxidation sites excluding steroid dienone is 1. The van der Waals surface area contributed by atoms with Crippen molar-refractivity contribution in [3.05, 3.63) is 85.0 Å². The van der Waals surface area contributed by atoms with E-state index in [1.54, 1.807) is 42.5 Å². The molecule has 31 heavy (non-hydrogen) atoms. The van der Waals surface area contributed by atoms with E-state index in [9.17, 15) is 17.4 Å². The Morgan fingerprint density at radius 2 is 1.52 bits per heavy atom. The quantitative estimate of drug-likeness (QED) is 0.345.